The first-order valence-corrected chi connectivity index (χ1v) is 8.40. The molecule has 0 spiro atoms. The van der Waals surface area contributed by atoms with Gasteiger partial charge in [-0.15, -0.1) is 4.68 Å². The van der Waals surface area contributed by atoms with Crippen LogP contribution in [0.25, 0.3) is 0 Å². The third-order valence-electron chi connectivity index (χ3n) is 3.91. The smallest absolute Gasteiger partial charge is 0.320 e. The van der Waals surface area contributed by atoms with Gasteiger partial charge in [-0.25, -0.2) is 4.99 Å². The number of carbonyl (C=O) groups excluding carboxylic acids is 1. The zero-order chi connectivity index (χ0) is 18.7. The summed E-state index contributed by atoms with van der Waals surface area (Å²) in [5.74, 6) is 0.331. The molecule has 25 heavy (non-hydrogen) atoms. The molecule has 1 aromatic rings. The SMILES string of the molecule is CC(=O)Nc1cc(N(C(C)C)C(C)C)ccc1N=C1C=N[N+](C)=C1N. The number of rotatable bonds is 5. The zero-order valence-corrected chi connectivity index (χ0v) is 15.7. The number of amides is 1. The van der Waals surface area contributed by atoms with Crippen molar-refractivity contribution in [3.8, 4) is 0 Å². The summed E-state index contributed by atoms with van der Waals surface area (Å²) in [7, 11) is 1.76. The number of anilines is 2. The number of carbonyl (C=O) groups is 1. The molecule has 0 fully saturated rings. The van der Waals surface area contributed by atoms with Gasteiger partial charge < -0.3 is 10.2 Å². The van der Waals surface area contributed by atoms with E-state index in [0.29, 0.717) is 35.0 Å². The normalized spacial score (nSPS) is 15.6. The number of aliphatic imine (C=N–C) groups is 1. The van der Waals surface area contributed by atoms with Crippen LogP contribution in [0.1, 0.15) is 34.6 Å². The second-order valence-corrected chi connectivity index (χ2v) is 6.63. The van der Waals surface area contributed by atoms with Crippen LogP contribution in [-0.2, 0) is 4.79 Å². The van der Waals surface area contributed by atoms with E-state index in [4.69, 9.17) is 5.73 Å². The predicted octanol–water partition coefficient (Wildman–Crippen LogP) is 2.34. The van der Waals surface area contributed by atoms with Crippen molar-refractivity contribution in [3.05, 3.63) is 18.2 Å². The van der Waals surface area contributed by atoms with Crippen LogP contribution in [0.5, 0.6) is 0 Å². The molecule has 1 amide bonds. The molecule has 0 unspecified atom stereocenters. The monoisotopic (exact) mass is 343 g/mol. The van der Waals surface area contributed by atoms with Crippen molar-refractivity contribution in [1.82, 2.24) is 0 Å². The number of nitrogens with two attached hydrogens (primary N) is 1. The second-order valence-electron chi connectivity index (χ2n) is 6.63. The van der Waals surface area contributed by atoms with Gasteiger partial charge in [-0.3, -0.25) is 10.5 Å². The van der Waals surface area contributed by atoms with Crippen LogP contribution in [0.3, 0.4) is 0 Å². The molecule has 0 saturated carbocycles. The molecule has 3 N–H and O–H groups in total. The fraction of sp³-hybridized carbons (Fsp3) is 0.444. The molecular formula is C18H27N6O+. The maximum absolute atomic E-state index is 11.6. The molecule has 1 heterocycles. The molecule has 0 aliphatic carbocycles. The predicted molar refractivity (Wildman–Crippen MR) is 104 cm³/mol. The first-order chi connectivity index (χ1) is 11.7. The average Bonchev–Trinajstić information content (AvgIpc) is 2.80. The fourth-order valence-electron chi connectivity index (χ4n) is 2.92. The van der Waals surface area contributed by atoms with Crippen LogP contribution < -0.4 is 16.0 Å². The summed E-state index contributed by atoms with van der Waals surface area (Å²) in [4.78, 5) is 18.5. The third-order valence-corrected chi connectivity index (χ3v) is 3.91. The summed E-state index contributed by atoms with van der Waals surface area (Å²) in [6.07, 6.45) is 1.61. The molecule has 2 rings (SSSR count). The Morgan fingerprint density at radius 3 is 2.40 bits per heavy atom. The van der Waals surface area contributed by atoms with Crippen molar-refractivity contribution in [2.24, 2.45) is 15.8 Å². The molecule has 1 aromatic carbocycles. The lowest BCUT2D eigenvalue weighted by atomic mass is 10.1. The Balaban J connectivity index is 2.50. The van der Waals surface area contributed by atoms with Gasteiger partial charge in [0.1, 0.15) is 13.3 Å². The Labute approximate surface area is 148 Å². The summed E-state index contributed by atoms with van der Waals surface area (Å²) in [6.45, 7) is 10.1. The van der Waals surface area contributed by atoms with Crippen molar-refractivity contribution in [1.29, 1.82) is 0 Å². The van der Waals surface area contributed by atoms with E-state index < -0.39 is 0 Å². The zero-order valence-electron chi connectivity index (χ0n) is 15.7. The molecule has 1 aliphatic heterocycles. The Morgan fingerprint density at radius 2 is 1.92 bits per heavy atom. The molecule has 0 radical (unpaired) electrons. The topological polar surface area (TPSA) is 86.1 Å². The van der Waals surface area contributed by atoms with E-state index in [9.17, 15) is 4.79 Å². The molecule has 0 saturated heterocycles. The molecule has 0 atom stereocenters. The lowest BCUT2D eigenvalue weighted by Gasteiger charge is -2.33. The van der Waals surface area contributed by atoms with Crippen LogP contribution in [0.2, 0.25) is 0 Å². The summed E-state index contributed by atoms with van der Waals surface area (Å²) in [5.41, 5.74) is 8.88. The van der Waals surface area contributed by atoms with Crippen LogP contribution in [0.4, 0.5) is 17.1 Å². The van der Waals surface area contributed by atoms with Gasteiger partial charge >= 0.3 is 5.84 Å². The Kier molecular flexibility index (Phi) is 5.56. The number of benzene rings is 1. The van der Waals surface area contributed by atoms with Gasteiger partial charge in [0, 0.05) is 24.7 Å². The van der Waals surface area contributed by atoms with Gasteiger partial charge in [-0.1, -0.05) is 5.10 Å². The van der Waals surface area contributed by atoms with E-state index in [1.165, 1.54) is 6.92 Å². The summed E-state index contributed by atoms with van der Waals surface area (Å²) >= 11 is 0. The van der Waals surface area contributed by atoms with E-state index in [1.807, 2.05) is 18.2 Å². The van der Waals surface area contributed by atoms with Gasteiger partial charge in [-0.05, 0) is 45.9 Å². The first-order valence-electron chi connectivity index (χ1n) is 8.40. The highest BCUT2D eigenvalue weighted by molar-refractivity contribution is 6.62. The van der Waals surface area contributed by atoms with Crippen LogP contribution >= 0.6 is 0 Å². The van der Waals surface area contributed by atoms with E-state index in [0.717, 1.165) is 5.69 Å². The second kappa shape index (κ2) is 7.46. The molecule has 7 heteroatoms. The van der Waals surface area contributed by atoms with E-state index in [1.54, 1.807) is 17.9 Å². The van der Waals surface area contributed by atoms with E-state index in [2.05, 4.69) is 48.0 Å². The van der Waals surface area contributed by atoms with Crippen molar-refractivity contribution in [2.45, 2.75) is 46.7 Å². The molecule has 1 aliphatic rings. The van der Waals surface area contributed by atoms with Gasteiger partial charge in [0.2, 0.25) is 5.91 Å². The fourth-order valence-corrected chi connectivity index (χ4v) is 2.92. The van der Waals surface area contributed by atoms with Crippen molar-refractivity contribution < 1.29 is 9.48 Å². The van der Waals surface area contributed by atoms with Crippen LogP contribution in [-0.4, -0.2) is 47.5 Å². The number of nitrogens with zero attached hydrogens (tertiary/aromatic N) is 4. The minimum absolute atomic E-state index is 0.145. The molecule has 7 nitrogen and oxygen atoms in total. The van der Waals surface area contributed by atoms with E-state index in [-0.39, 0.29) is 5.91 Å². The Hall–Kier alpha value is -2.70. The first kappa shape index (κ1) is 18.6. The molecular weight excluding hydrogens is 316 g/mol. The number of amidine groups is 1. The molecule has 0 aromatic heterocycles. The largest absolute Gasteiger partial charge is 0.367 e. The minimum atomic E-state index is -0.145. The van der Waals surface area contributed by atoms with Crippen LogP contribution in [0.15, 0.2) is 28.3 Å². The summed E-state index contributed by atoms with van der Waals surface area (Å²) < 4.78 is 1.56. The number of hydrogen-bond acceptors (Lipinski definition) is 5. The van der Waals surface area contributed by atoms with Gasteiger partial charge in [-0.2, -0.15) is 0 Å². The Morgan fingerprint density at radius 1 is 1.28 bits per heavy atom. The number of nitrogens with one attached hydrogen (secondary N) is 1. The molecule has 0 bridgehead atoms. The number of hydrogen-bond donors (Lipinski definition) is 2. The van der Waals surface area contributed by atoms with Gasteiger partial charge in [0.15, 0.2) is 5.71 Å². The Bertz CT molecular complexity index is 753. The highest BCUT2D eigenvalue weighted by atomic mass is 16.1. The van der Waals surface area contributed by atoms with Crippen molar-refractivity contribution in [2.75, 3.05) is 17.3 Å². The lowest BCUT2D eigenvalue weighted by molar-refractivity contribution is -0.498. The third kappa shape index (κ3) is 4.23. The minimum Gasteiger partial charge on any atom is -0.367 e. The quantitative estimate of drug-likeness (QED) is 0.805. The average molecular weight is 343 g/mol. The van der Waals surface area contributed by atoms with Gasteiger partial charge in [0.05, 0.1) is 11.4 Å². The lowest BCUT2D eigenvalue weighted by Crippen LogP contribution is -2.37. The maximum Gasteiger partial charge on any atom is 0.320 e. The van der Waals surface area contributed by atoms with Crippen LogP contribution in [0, 0.1) is 0 Å². The summed E-state index contributed by atoms with van der Waals surface area (Å²) in [6, 6.07) is 6.53. The maximum atomic E-state index is 11.6. The van der Waals surface area contributed by atoms with Crippen molar-refractivity contribution >= 4 is 40.7 Å². The van der Waals surface area contributed by atoms with Crippen molar-refractivity contribution in [3.63, 3.8) is 0 Å². The highest BCUT2D eigenvalue weighted by Crippen LogP contribution is 2.32. The number of hydrazone groups is 1. The summed E-state index contributed by atoms with van der Waals surface area (Å²) in [5, 5.41) is 6.96. The molecule has 134 valence electrons. The van der Waals surface area contributed by atoms with Gasteiger partial charge in [0.25, 0.3) is 0 Å². The standard InChI is InChI=1S/C18H26N6O/c1-11(2)24(12(3)4)14-7-8-15(16(9-14)21-13(5)25)22-17-10-20-23(6)18(17)19/h7-12H,1-6H3,(H2,19,20,21,25)/p+1. The highest BCUT2D eigenvalue weighted by Gasteiger charge is 2.20. The van der Waals surface area contributed by atoms with E-state index >= 15 is 0 Å².